The zero-order valence-corrected chi connectivity index (χ0v) is 17.6. The molecule has 0 unspecified atom stereocenters. The lowest BCUT2D eigenvalue weighted by Crippen LogP contribution is -2.56. The molecule has 1 amide bonds. The van der Waals surface area contributed by atoms with Crippen molar-refractivity contribution in [3.8, 4) is 0 Å². The second kappa shape index (κ2) is 10.3. The maximum absolute atomic E-state index is 12.6. The van der Waals surface area contributed by atoms with Gasteiger partial charge < -0.3 is 30.2 Å². The van der Waals surface area contributed by atoms with Crippen LogP contribution in [0, 0.1) is 0 Å². The molecule has 1 aromatic heterocycles. The third-order valence-electron chi connectivity index (χ3n) is 5.35. The standard InChI is InChI=1S/C19H27ClN4O6/c1-28-15-9-24(10-16(25)30-11-3-6-29-7-4-11)5-2-14(15)22-18(26)12-8-13(20)17(21)23-19(12)27/h8,11,14-15H,2-7,9-10H2,1H3,(H,22,26)(H3,21,23,27)/t14-,15+/m0/s1. The number of esters is 1. The lowest BCUT2D eigenvalue weighted by molar-refractivity contribution is -0.155. The summed E-state index contributed by atoms with van der Waals surface area (Å²) in [5.74, 6) is -0.825. The molecular weight excluding hydrogens is 416 g/mol. The molecule has 0 aromatic carbocycles. The minimum atomic E-state index is -0.614. The molecule has 0 bridgehead atoms. The molecule has 10 nitrogen and oxygen atoms in total. The van der Waals surface area contributed by atoms with Crippen LogP contribution >= 0.6 is 11.6 Å². The number of aromatic amines is 1. The summed E-state index contributed by atoms with van der Waals surface area (Å²) in [7, 11) is 1.54. The average molecular weight is 443 g/mol. The molecule has 0 aliphatic carbocycles. The van der Waals surface area contributed by atoms with Gasteiger partial charge in [-0.1, -0.05) is 11.6 Å². The van der Waals surface area contributed by atoms with Gasteiger partial charge in [-0.3, -0.25) is 19.3 Å². The number of piperidine rings is 1. The van der Waals surface area contributed by atoms with E-state index >= 15 is 0 Å². The predicted octanol–water partition coefficient (Wildman–Crippen LogP) is 0.152. The largest absolute Gasteiger partial charge is 0.461 e. The average Bonchev–Trinajstić information content (AvgIpc) is 2.72. The number of pyridine rings is 1. The summed E-state index contributed by atoms with van der Waals surface area (Å²) in [4.78, 5) is 41.1. The Balaban J connectivity index is 1.54. The van der Waals surface area contributed by atoms with Gasteiger partial charge in [-0.2, -0.15) is 0 Å². The highest BCUT2D eigenvalue weighted by molar-refractivity contribution is 6.33. The van der Waals surface area contributed by atoms with Gasteiger partial charge in [-0.15, -0.1) is 0 Å². The lowest BCUT2D eigenvalue weighted by Gasteiger charge is -2.37. The Morgan fingerprint density at radius 3 is 2.80 bits per heavy atom. The van der Waals surface area contributed by atoms with Gasteiger partial charge in [0.2, 0.25) is 0 Å². The van der Waals surface area contributed by atoms with Crippen LogP contribution in [0.5, 0.6) is 0 Å². The van der Waals surface area contributed by atoms with Crippen molar-refractivity contribution < 1.29 is 23.8 Å². The number of nitrogens with two attached hydrogens (primary N) is 1. The highest BCUT2D eigenvalue weighted by Gasteiger charge is 2.32. The van der Waals surface area contributed by atoms with E-state index in [0.29, 0.717) is 32.7 Å². The van der Waals surface area contributed by atoms with Crippen LogP contribution in [-0.2, 0) is 19.0 Å². The Kier molecular flexibility index (Phi) is 7.70. The van der Waals surface area contributed by atoms with E-state index in [9.17, 15) is 14.4 Å². The highest BCUT2D eigenvalue weighted by Crippen LogP contribution is 2.17. The van der Waals surface area contributed by atoms with Gasteiger partial charge in [-0.25, -0.2) is 0 Å². The van der Waals surface area contributed by atoms with Gasteiger partial charge in [0.25, 0.3) is 11.5 Å². The predicted molar refractivity (Wildman–Crippen MR) is 110 cm³/mol. The van der Waals surface area contributed by atoms with E-state index in [2.05, 4.69) is 10.3 Å². The monoisotopic (exact) mass is 442 g/mol. The molecule has 3 rings (SSSR count). The zero-order valence-electron chi connectivity index (χ0n) is 16.8. The molecule has 0 spiro atoms. The van der Waals surface area contributed by atoms with Crippen LogP contribution in [0.4, 0.5) is 5.82 Å². The number of likely N-dealkylation sites (tertiary alicyclic amines) is 1. The quantitative estimate of drug-likeness (QED) is 0.530. The zero-order chi connectivity index (χ0) is 21.7. The number of amides is 1. The summed E-state index contributed by atoms with van der Waals surface area (Å²) in [6, 6.07) is 0.926. The van der Waals surface area contributed by atoms with E-state index in [-0.39, 0.29) is 47.2 Å². The molecule has 0 radical (unpaired) electrons. The fourth-order valence-corrected chi connectivity index (χ4v) is 3.82. The van der Waals surface area contributed by atoms with Crippen molar-refractivity contribution in [2.24, 2.45) is 0 Å². The number of carbonyl (C=O) groups is 2. The number of nitrogens with zero attached hydrogens (tertiary/aromatic N) is 1. The number of nitrogens with one attached hydrogen (secondary N) is 2. The molecule has 2 aliphatic rings. The minimum Gasteiger partial charge on any atom is -0.461 e. The number of H-pyrrole nitrogens is 1. The first-order chi connectivity index (χ1) is 14.4. The van der Waals surface area contributed by atoms with E-state index < -0.39 is 11.5 Å². The number of hydrogen-bond donors (Lipinski definition) is 3. The van der Waals surface area contributed by atoms with E-state index in [1.54, 1.807) is 7.11 Å². The third-order valence-corrected chi connectivity index (χ3v) is 5.66. The van der Waals surface area contributed by atoms with E-state index in [1.807, 2.05) is 4.90 Å². The molecule has 2 aliphatic heterocycles. The first kappa shape index (κ1) is 22.5. The van der Waals surface area contributed by atoms with Crippen molar-refractivity contribution in [1.82, 2.24) is 15.2 Å². The summed E-state index contributed by atoms with van der Waals surface area (Å²) >= 11 is 5.91. The molecule has 11 heteroatoms. The fraction of sp³-hybridized carbons (Fsp3) is 0.632. The first-order valence-electron chi connectivity index (χ1n) is 9.89. The molecule has 3 heterocycles. The van der Waals surface area contributed by atoms with Crippen molar-refractivity contribution in [3.63, 3.8) is 0 Å². The molecule has 2 atom stereocenters. The number of methoxy groups -OCH3 is 1. The van der Waals surface area contributed by atoms with Crippen LogP contribution in [0.25, 0.3) is 0 Å². The molecule has 2 saturated heterocycles. The Morgan fingerprint density at radius 1 is 1.37 bits per heavy atom. The van der Waals surface area contributed by atoms with Crippen molar-refractivity contribution in [1.29, 1.82) is 0 Å². The van der Waals surface area contributed by atoms with Gasteiger partial charge >= 0.3 is 5.97 Å². The van der Waals surface area contributed by atoms with Crippen LogP contribution in [0.15, 0.2) is 10.9 Å². The lowest BCUT2D eigenvalue weighted by atomic mass is 10.0. The Morgan fingerprint density at radius 2 is 2.10 bits per heavy atom. The van der Waals surface area contributed by atoms with E-state index in [4.69, 9.17) is 31.5 Å². The van der Waals surface area contributed by atoms with Gasteiger partial charge in [-0.05, 0) is 12.5 Å². The van der Waals surface area contributed by atoms with Crippen molar-refractivity contribution >= 4 is 29.3 Å². The van der Waals surface area contributed by atoms with Crippen molar-refractivity contribution in [2.75, 3.05) is 45.7 Å². The Hall–Kier alpha value is -2.14. The SMILES string of the molecule is CO[C@@H]1CN(CC(=O)OC2CCOCC2)CC[C@@H]1NC(=O)c1cc(Cl)c(N)[nH]c1=O. The molecular formula is C19H27ClN4O6. The number of anilines is 1. The highest BCUT2D eigenvalue weighted by atomic mass is 35.5. The maximum Gasteiger partial charge on any atom is 0.320 e. The number of hydrogen-bond acceptors (Lipinski definition) is 8. The molecule has 0 saturated carbocycles. The summed E-state index contributed by atoms with van der Waals surface area (Å²) in [5.41, 5.74) is 4.81. The number of carbonyl (C=O) groups excluding carboxylic acids is 2. The van der Waals surface area contributed by atoms with Gasteiger partial charge in [0.15, 0.2) is 0 Å². The number of nitrogen functional groups attached to an aromatic ring is 1. The second-order valence-electron chi connectivity index (χ2n) is 7.45. The number of ether oxygens (including phenoxy) is 3. The summed E-state index contributed by atoms with van der Waals surface area (Å²) in [6.07, 6.45) is 1.55. The number of halogens is 1. The van der Waals surface area contributed by atoms with Crippen LogP contribution in [0.3, 0.4) is 0 Å². The first-order valence-corrected chi connectivity index (χ1v) is 10.3. The fourth-order valence-electron chi connectivity index (χ4n) is 3.66. The van der Waals surface area contributed by atoms with Gasteiger partial charge in [0.05, 0.1) is 36.9 Å². The maximum atomic E-state index is 12.6. The Labute approximate surface area is 179 Å². The smallest absolute Gasteiger partial charge is 0.320 e. The Bertz CT molecular complexity index is 826. The molecule has 4 N–H and O–H groups in total. The van der Waals surface area contributed by atoms with Crippen LogP contribution in [0.2, 0.25) is 5.02 Å². The minimum absolute atomic E-state index is 0.00827. The second-order valence-corrected chi connectivity index (χ2v) is 7.86. The van der Waals surface area contributed by atoms with Crippen LogP contribution < -0.4 is 16.6 Å². The summed E-state index contributed by atoms with van der Waals surface area (Å²) in [5, 5.41) is 2.92. The molecule has 166 valence electrons. The van der Waals surface area contributed by atoms with Crippen molar-refractivity contribution in [3.05, 3.63) is 27.0 Å². The normalized spacial score (nSPS) is 23.1. The summed E-state index contributed by atoms with van der Waals surface area (Å²) in [6.45, 7) is 2.40. The van der Waals surface area contributed by atoms with Gasteiger partial charge in [0, 0.05) is 33.0 Å². The number of aromatic nitrogens is 1. The molecule has 2 fully saturated rings. The van der Waals surface area contributed by atoms with Crippen LogP contribution in [0.1, 0.15) is 29.6 Å². The van der Waals surface area contributed by atoms with Crippen molar-refractivity contribution in [2.45, 2.75) is 37.5 Å². The topological polar surface area (TPSA) is 136 Å². The molecule has 30 heavy (non-hydrogen) atoms. The third kappa shape index (κ3) is 5.72. The molecule has 1 aromatic rings. The van der Waals surface area contributed by atoms with E-state index in [1.165, 1.54) is 6.07 Å². The van der Waals surface area contributed by atoms with E-state index in [0.717, 1.165) is 12.8 Å². The van der Waals surface area contributed by atoms with Crippen LogP contribution in [-0.4, -0.2) is 80.0 Å². The summed E-state index contributed by atoms with van der Waals surface area (Å²) < 4.78 is 16.3. The van der Waals surface area contributed by atoms with Gasteiger partial charge in [0.1, 0.15) is 17.5 Å². The number of rotatable bonds is 6.